The molecule has 128 valence electrons. The minimum absolute atomic E-state index is 0. The molecule has 4 rings (SSSR count). The van der Waals surface area contributed by atoms with Gasteiger partial charge < -0.3 is 10.6 Å². The summed E-state index contributed by atoms with van der Waals surface area (Å²) in [6, 6.07) is 8.94. The Hall–Kier alpha value is -1.92. The quantitative estimate of drug-likeness (QED) is 0.794. The SMILES string of the molecule is Cl.O=C(CC1CC2CCC(C1)N2)Nc1ccc(-c2ncn[nH]2)cc1. The summed E-state index contributed by atoms with van der Waals surface area (Å²) >= 11 is 0. The molecule has 2 fully saturated rings. The molecule has 0 spiro atoms. The average molecular weight is 348 g/mol. The van der Waals surface area contributed by atoms with Gasteiger partial charge in [-0.05, 0) is 55.9 Å². The average Bonchev–Trinajstić information content (AvgIpc) is 3.18. The lowest BCUT2D eigenvalue weighted by Gasteiger charge is -2.28. The van der Waals surface area contributed by atoms with Crippen molar-refractivity contribution >= 4 is 24.0 Å². The number of hydrogen-bond acceptors (Lipinski definition) is 4. The van der Waals surface area contributed by atoms with E-state index in [-0.39, 0.29) is 18.3 Å². The van der Waals surface area contributed by atoms with E-state index in [4.69, 9.17) is 0 Å². The fourth-order valence-electron chi connectivity index (χ4n) is 3.87. The molecule has 2 aliphatic heterocycles. The maximum atomic E-state index is 12.3. The Balaban J connectivity index is 0.00000169. The smallest absolute Gasteiger partial charge is 0.224 e. The molecule has 6 nitrogen and oxygen atoms in total. The fourth-order valence-corrected chi connectivity index (χ4v) is 3.87. The Morgan fingerprint density at radius 3 is 2.50 bits per heavy atom. The summed E-state index contributed by atoms with van der Waals surface area (Å²) in [6.45, 7) is 0. The van der Waals surface area contributed by atoms with E-state index in [1.54, 1.807) is 0 Å². The van der Waals surface area contributed by atoms with Crippen LogP contribution in [0.15, 0.2) is 30.6 Å². The molecule has 0 aliphatic carbocycles. The van der Waals surface area contributed by atoms with E-state index in [9.17, 15) is 4.79 Å². The summed E-state index contributed by atoms with van der Waals surface area (Å²) in [5.41, 5.74) is 1.78. The molecule has 24 heavy (non-hydrogen) atoms. The first-order chi connectivity index (χ1) is 11.3. The predicted molar refractivity (Wildman–Crippen MR) is 95.0 cm³/mol. The molecule has 2 bridgehead atoms. The van der Waals surface area contributed by atoms with Crippen molar-refractivity contribution in [1.82, 2.24) is 20.5 Å². The number of carbonyl (C=O) groups is 1. The molecule has 1 aromatic carbocycles. The van der Waals surface area contributed by atoms with Crippen LogP contribution in [-0.4, -0.2) is 33.2 Å². The van der Waals surface area contributed by atoms with Crippen LogP contribution in [0.2, 0.25) is 0 Å². The number of nitrogens with one attached hydrogen (secondary N) is 3. The Morgan fingerprint density at radius 1 is 1.17 bits per heavy atom. The summed E-state index contributed by atoms with van der Waals surface area (Å²) in [7, 11) is 0. The molecule has 2 atom stereocenters. The summed E-state index contributed by atoms with van der Waals surface area (Å²) in [5, 5.41) is 13.3. The number of piperidine rings is 1. The standard InChI is InChI=1S/C17H21N5O.ClH/c23-16(9-11-7-14-5-6-15(8-11)20-14)21-13-3-1-12(2-4-13)17-18-10-19-22-17;/h1-4,10-11,14-15,20H,5-9H2,(H,21,23)(H,18,19,22);1H. The van der Waals surface area contributed by atoms with Gasteiger partial charge in [0.05, 0.1) is 0 Å². The van der Waals surface area contributed by atoms with E-state index in [1.165, 1.54) is 19.2 Å². The van der Waals surface area contributed by atoms with Gasteiger partial charge in [0.2, 0.25) is 5.91 Å². The molecule has 0 radical (unpaired) electrons. The number of rotatable bonds is 4. The molecule has 0 saturated carbocycles. The Labute approximate surface area is 147 Å². The molecule has 7 heteroatoms. The first kappa shape index (κ1) is 16.9. The molecule has 1 amide bonds. The molecule has 1 aromatic heterocycles. The molecular formula is C17H22ClN5O. The number of halogens is 1. The van der Waals surface area contributed by atoms with Crippen LogP contribution in [0.5, 0.6) is 0 Å². The fraction of sp³-hybridized carbons (Fsp3) is 0.471. The Morgan fingerprint density at radius 2 is 1.88 bits per heavy atom. The Kier molecular flexibility index (Phi) is 5.16. The molecular weight excluding hydrogens is 326 g/mol. The lowest BCUT2D eigenvalue weighted by atomic mass is 9.89. The Bertz CT molecular complexity index is 661. The predicted octanol–water partition coefficient (Wildman–Crippen LogP) is 2.75. The third-order valence-electron chi connectivity index (χ3n) is 4.90. The highest BCUT2D eigenvalue weighted by molar-refractivity contribution is 5.91. The van der Waals surface area contributed by atoms with Gasteiger partial charge in [0.15, 0.2) is 5.82 Å². The van der Waals surface area contributed by atoms with E-state index < -0.39 is 0 Å². The number of amides is 1. The zero-order valence-electron chi connectivity index (χ0n) is 13.4. The first-order valence-corrected chi connectivity index (χ1v) is 8.28. The second kappa shape index (κ2) is 7.32. The minimum Gasteiger partial charge on any atom is -0.326 e. The highest BCUT2D eigenvalue weighted by atomic mass is 35.5. The second-order valence-corrected chi connectivity index (χ2v) is 6.64. The van der Waals surface area contributed by atoms with Gasteiger partial charge in [-0.1, -0.05) is 0 Å². The summed E-state index contributed by atoms with van der Waals surface area (Å²) in [4.78, 5) is 16.4. The largest absolute Gasteiger partial charge is 0.326 e. The van der Waals surface area contributed by atoms with Crippen molar-refractivity contribution in [2.24, 2.45) is 5.92 Å². The zero-order chi connectivity index (χ0) is 15.6. The van der Waals surface area contributed by atoms with Crippen LogP contribution in [0.4, 0.5) is 5.69 Å². The second-order valence-electron chi connectivity index (χ2n) is 6.64. The number of hydrogen-bond donors (Lipinski definition) is 3. The van der Waals surface area contributed by atoms with Crippen molar-refractivity contribution in [3.8, 4) is 11.4 Å². The first-order valence-electron chi connectivity index (χ1n) is 8.28. The zero-order valence-corrected chi connectivity index (χ0v) is 14.2. The number of aromatic amines is 1. The van der Waals surface area contributed by atoms with E-state index in [1.807, 2.05) is 24.3 Å². The van der Waals surface area contributed by atoms with Crippen molar-refractivity contribution in [2.75, 3.05) is 5.32 Å². The van der Waals surface area contributed by atoms with Crippen LogP contribution >= 0.6 is 12.4 Å². The molecule has 3 heterocycles. The third-order valence-corrected chi connectivity index (χ3v) is 4.90. The van der Waals surface area contributed by atoms with Crippen molar-refractivity contribution in [3.05, 3.63) is 30.6 Å². The van der Waals surface area contributed by atoms with Crippen LogP contribution in [0, 0.1) is 5.92 Å². The van der Waals surface area contributed by atoms with Gasteiger partial charge in [0, 0.05) is 29.8 Å². The molecule has 2 aromatic rings. The maximum absolute atomic E-state index is 12.3. The molecule has 2 aliphatic rings. The highest BCUT2D eigenvalue weighted by Gasteiger charge is 2.34. The summed E-state index contributed by atoms with van der Waals surface area (Å²) in [5.74, 6) is 1.36. The van der Waals surface area contributed by atoms with Crippen LogP contribution in [0.1, 0.15) is 32.1 Å². The van der Waals surface area contributed by atoms with Gasteiger partial charge in [-0.25, -0.2) is 4.98 Å². The topological polar surface area (TPSA) is 82.7 Å². The summed E-state index contributed by atoms with van der Waals surface area (Å²) in [6.07, 6.45) is 6.91. The van der Waals surface area contributed by atoms with Gasteiger partial charge in [-0.2, -0.15) is 5.10 Å². The molecule has 2 unspecified atom stereocenters. The van der Waals surface area contributed by atoms with E-state index in [2.05, 4.69) is 25.8 Å². The number of benzene rings is 1. The van der Waals surface area contributed by atoms with Crippen molar-refractivity contribution in [1.29, 1.82) is 0 Å². The van der Waals surface area contributed by atoms with E-state index in [0.717, 1.165) is 29.9 Å². The number of H-pyrrole nitrogens is 1. The number of fused-ring (bicyclic) bond motifs is 2. The summed E-state index contributed by atoms with van der Waals surface area (Å²) < 4.78 is 0. The monoisotopic (exact) mass is 347 g/mol. The van der Waals surface area contributed by atoms with Gasteiger partial charge in [-0.15, -0.1) is 12.4 Å². The van der Waals surface area contributed by atoms with E-state index >= 15 is 0 Å². The van der Waals surface area contributed by atoms with Crippen molar-refractivity contribution in [3.63, 3.8) is 0 Å². The van der Waals surface area contributed by atoms with Gasteiger partial charge >= 0.3 is 0 Å². The minimum atomic E-state index is 0. The number of anilines is 1. The van der Waals surface area contributed by atoms with Gasteiger partial charge in [0.25, 0.3) is 0 Å². The maximum Gasteiger partial charge on any atom is 0.224 e. The number of nitrogens with zero attached hydrogens (tertiary/aromatic N) is 2. The number of carbonyl (C=O) groups excluding carboxylic acids is 1. The third kappa shape index (κ3) is 3.76. The lowest BCUT2D eigenvalue weighted by Crippen LogP contribution is -2.39. The lowest BCUT2D eigenvalue weighted by molar-refractivity contribution is -0.117. The van der Waals surface area contributed by atoms with Crippen LogP contribution < -0.4 is 10.6 Å². The van der Waals surface area contributed by atoms with Crippen molar-refractivity contribution in [2.45, 2.75) is 44.2 Å². The van der Waals surface area contributed by atoms with Crippen molar-refractivity contribution < 1.29 is 4.79 Å². The van der Waals surface area contributed by atoms with E-state index in [0.29, 0.717) is 24.4 Å². The molecule has 2 saturated heterocycles. The number of aromatic nitrogens is 3. The molecule has 3 N–H and O–H groups in total. The highest BCUT2D eigenvalue weighted by Crippen LogP contribution is 2.32. The van der Waals surface area contributed by atoms with Crippen LogP contribution in [0.3, 0.4) is 0 Å². The van der Waals surface area contributed by atoms with Gasteiger partial charge in [-0.3, -0.25) is 9.89 Å². The van der Waals surface area contributed by atoms with Crippen LogP contribution in [-0.2, 0) is 4.79 Å². The normalized spacial score (nSPS) is 25.1. The van der Waals surface area contributed by atoms with Gasteiger partial charge in [0.1, 0.15) is 6.33 Å². The van der Waals surface area contributed by atoms with Crippen LogP contribution in [0.25, 0.3) is 11.4 Å².